The molecule has 0 amide bonds. The summed E-state index contributed by atoms with van der Waals surface area (Å²) in [5.41, 5.74) is 6.39. The quantitative estimate of drug-likeness (QED) is 0.457. The summed E-state index contributed by atoms with van der Waals surface area (Å²) >= 11 is 5.99. The molecular formula is C15H22ClNO2. The minimum absolute atomic E-state index is 0.0955. The predicted octanol–water partition coefficient (Wildman–Crippen LogP) is 4.44. The minimum Gasteiger partial charge on any atom is -0.459 e. The molecule has 1 rings (SSSR count). The molecule has 0 aliphatic rings. The summed E-state index contributed by atoms with van der Waals surface area (Å²) in [6.07, 6.45) is 5.46. The van der Waals surface area contributed by atoms with Crippen LogP contribution < -0.4 is 5.73 Å². The monoisotopic (exact) mass is 283 g/mol. The molecular weight excluding hydrogens is 262 g/mol. The van der Waals surface area contributed by atoms with Gasteiger partial charge >= 0.3 is 5.97 Å². The van der Waals surface area contributed by atoms with Crippen LogP contribution in [-0.2, 0) is 4.74 Å². The number of halogens is 1. The Balaban J connectivity index is 2.48. The van der Waals surface area contributed by atoms with Gasteiger partial charge in [0.1, 0.15) is 0 Å². The predicted molar refractivity (Wildman–Crippen MR) is 79.5 cm³/mol. The molecule has 0 aromatic heterocycles. The van der Waals surface area contributed by atoms with Crippen LogP contribution in [0.1, 0.15) is 56.3 Å². The molecule has 0 radical (unpaired) electrons. The molecule has 1 unspecified atom stereocenters. The van der Waals surface area contributed by atoms with E-state index in [1.165, 1.54) is 19.3 Å². The minimum atomic E-state index is -0.403. The molecule has 106 valence electrons. The van der Waals surface area contributed by atoms with Gasteiger partial charge in [0.25, 0.3) is 0 Å². The van der Waals surface area contributed by atoms with Gasteiger partial charge < -0.3 is 10.5 Å². The van der Waals surface area contributed by atoms with Crippen LogP contribution in [-0.4, -0.2) is 12.1 Å². The lowest BCUT2D eigenvalue weighted by atomic mass is 10.1. The van der Waals surface area contributed by atoms with E-state index >= 15 is 0 Å². The molecule has 0 bridgehead atoms. The van der Waals surface area contributed by atoms with Crippen molar-refractivity contribution < 1.29 is 9.53 Å². The second kappa shape index (κ2) is 8.05. The number of benzene rings is 1. The lowest BCUT2D eigenvalue weighted by molar-refractivity contribution is 0.0319. The lowest BCUT2D eigenvalue weighted by Crippen LogP contribution is -2.15. The molecule has 1 aromatic carbocycles. The third-order valence-corrected chi connectivity index (χ3v) is 3.44. The number of carbonyl (C=O) groups is 1. The number of nitrogens with two attached hydrogens (primary N) is 1. The molecule has 4 heteroatoms. The molecule has 3 nitrogen and oxygen atoms in total. The summed E-state index contributed by atoms with van der Waals surface area (Å²) in [6, 6.07) is 4.99. The first-order valence-electron chi connectivity index (χ1n) is 6.81. The normalized spacial score (nSPS) is 12.2. The van der Waals surface area contributed by atoms with E-state index in [1.807, 2.05) is 6.92 Å². The highest BCUT2D eigenvalue weighted by Crippen LogP contribution is 2.24. The zero-order valence-electron chi connectivity index (χ0n) is 11.6. The average molecular weight is 284 g/mol. The second-order valence-electron chi connectivity index (χ2n) is 4.77. The molecule has 1 aromatic rings. The Morgan fingerprint density at radius 3 is 2.79 bits per heavy atom. The first-order chi connectivity index (χ1) is 9.06. The average Bonchev–Trinajstić information content (AvgIpc) is 2.38. The highest BCUT2D eigenvalue weighted by atomic mass is 35.5. The van der Waals surface area contributed by atoms with Gasteiger partial charge in [0, 0.05) is 0 Å². The van der Waals surface area contributed by atoms with Gasteiger partial charge in [0.15, 0.2) is 0 Å². The van der Waals surface area contributed by atoms with Crippen LogP contribution in [0.5, 0.6) is 0 Å². The summed E-state index contributed by atoms with van der Waals surface area (Å²) in [5, 5.41) is 0.269. The molecule has 0 saturated heterocycles. The summed E-state index contributed by atoms with van der Waals surface area (Å²) in [6.45, 7) is 4.08. The fraction of sp³-hybridized carbons (Fsp3) is 0.533. The summed E-state index contributed by atoms with van der Waals surface area (Å²) in [7, 11) is 0. The Labute approximate surface area is 120 Å². The third kappa shape index (κ3) is 5.11. The number of anilines is 1. The van der Waals surface area contributed by atoms with E-state index in [9.17, 15) is 4.79 Å². The molecule has 1 atom stereocenters. The second-order valence-corrected chi connectivity index (χ2v) is 5.15. The van der Waals surface area contributed by atoms with E-state index < -0.39 is 5.97 Å². The van der Waals surface area contributed by atoms with Gasteiger partial charge in [-0.1, -0.05) is 43.9 Å². The summed E-state index contributed by atoms with van der Waals surface area (Å²) in [4.78, 5) is 12.0. The lowest BCUT2D eigenvalue weighted by Gasteiger charge is -2.14. The molecule has 2 N–H and O–H groups in total. The molecule has 0 heterocycles. The Morgan fingerprint density at radius 2 is 2.11 bits per heavy atom. The third-order valence-electron chi connectivity index (χ3n) is 3.02. The van der Waals surface area contributed by atoms with Crippen LogP contribution in [0.25, 0.3) is 0 Å². The van der Waals surface area contributed by atoms with Crippen LogP contribution in [0.4, 0.5) is 5.69 Å². The number of hydrogen-bond donors (Lipinski definition) is 1. The number of carbonyl (C=O) groups excluding carboxylic acids is 1. The first-order valence-corrected chi connectivity index (χ1v) is 7.19. The maximum absolute atomic E-state index is 12.0. The molecule has 0 aliphatic carbocycles. The van der Waals surface area contributed by atoms with Crippen LogP contribution in [0.2, 0.25) is 5.02 Å². The van der Waals surface area contributed by atoms with Crippen LogP contribution in [0.3, 0.4) is 0 Å². The largest absolute Gasteiger partial charge is 0.459 e. The summed E-state index contributed by atoms with van der Waals surface area (Å²) in [5.74, 6) is -0.403. The van der Waals surface area contributed by atoms with E-state index in [4.69, 9.17) is 22.1 Å². The highest BCUT2D eigenvalue weighted by Gasteiger charge is 2.16. The van der Waals surface area contributed by atoms with Crippen molar-refractivity contribution in [3.05, 3.63) is 28.8 Å². The molecule has 19 heavy (non-hydrogen) atoms. The van der Waals surface area contributed by atoms with Crippen molar-refractivity contribution in [2.45, 2.75) is 52.1 Å². The van der Waals surface area contributed by atoms with E-state index in [0.717, 1.165) is 12.8 Å². The fourth-order valence-electron chi connectivity index (χ4n) is 1.87. The van der Waals surface area contributed by atoms with Crippen molar-refractivity contribution in [1.82, 2.24) is 0 Å². The Bertz CT molecular complexity index is 421. The Hall–Kier alpha value is -1.22. The van der Waals surface area contributed by atoms with E-state index in [1.54, 1.807) is 18.2 Å². The van der Waals surface area contributed by atoms with Gasteiger partial charge in [0.05, 0.1) is 22.4 Å². The van der Waals surface area contributed by atoms with Gasteiger partial charge in [-0.3, -0.25) is 0 Å². The van der Waals surface area contributed by atoms with Gasteiger partial charge in [0.2, 0.25) is 0 Å². The van der Waals surface area contributed by atoms with Crippen LogP contribution in [0.15, 0.2) is 18.2 Å². The van der Waals surface area contributed by atoms with Crippen LogP contribution >= 0.6 is 11.6 Å². The SMILES string of the molecule is CCCCCCC(C)OC(=O)c1cccc(N)c1Cl. The zero-order valence-corrected chi connectivity index (χ0v) is 12.4. The van der Waals surface area contributed by atoms with Gasteiger partial charge in [-0.2, -0.15) is 0 Å². The van der Waals surface area contributed by atoms with Crippen molar-refractivity contribution in [1.29, 1.82) is 0 Å². The number of hydrogen-bond acceptors (Lipinski definition) is 3. The number of ether oxygens (including phenoxy) is 1. The zero-order chi connectivity index (χ0) is 14.3. The highest BCUT2D eigenvalue weighted by molar-refractivity contribution is 6.36. The smallest absolute Gasteiger partial charge is 0.339 e. The number of nitrogen functional groups attached to an aromatic ring is 1. The van der Waals surface area contributed by atoms with Crippen LogP contribution in [0, 0.1) is 0 Å². The van der Waals surface area contributed by atoms with Gasteiger partial charge in [-0.15, -0.1) is 0 Å². The maximum atomic E-state index is 12.0. The molecule has 0 spiro atoms. The van der Waals surface area contributed by atoms with Crippen molar-refractivity contribution >= 4 is 23.3 Å². The number of unbranched alkanes of at least 4 members (excludes halogenated alkanes) is 3. The van der Waals surface area contributed by atoms with E-state index in [0.29, 0.717) is 11.3 Å². The van der Waals surface area contributed by atoms with E-state index in [2.05, 4.69) is 6.92 Å². The van der Waals surface area contributed by atoms with Crippen molar-refractivity contribution in [3.8, 4) is 0 Å². The topological polar surface area (TPSA) is 52.3 Å². The number of esters is 1. The van der Waals surface area contributed by atoms with Crippen molar-refractivity contribution in [2.75, 3.05) is 5.73 Å². The molecule has 0 aliphatic heterocycles. The first kappa shape index (κ1) is 15.8. The number of rotatable bonds is 7. The standard InChI is InChI=1S/C15H22ClNO2/c1-3-4-5-6-8-11(2)19-15(18)12-9-7-10-13(17)14(12)16/h7,9-11H,3-6,8,17H2,1-2H3. The van der Waals surface area contributed by atoms with E-state index in [-0.39, 0.29) is 11.1 Å². The molecule has 0 saturated carbocycles. The van der Waals surface area contributed by atoms with Gasteiger partial charge in [-0.25, -0.2) is 4.79 Å². The maximum Gasteiger partial charge on any atom is 0.339 e. The Morgan fingerprint density at radius 1 is 1.37 bits per heavy atom. The fourth-order valence-corrected chi connectivity index (χ4v) is 2.07. The Kier molecular flexibility index (Phi) is 6.71. The van der Waals surface area contributed by atoms with Crippen molar-refractivity contribution in [3.63, 3.8) is 0 Å². The van der Waals surface area contributed by atoms with Crippen molar-refractivity contribution in [2.24, 2.45) is 0 Å². The van der Waals surface area contributed by atoms with Gasteiger partial charge in [-0.05, 0) is 31.9 Å². The summed E-state index contributed by atoms with van der Waals surface area (Å²) < 4.78 is 5.37. The molecule has 0 fully saturated rings.